The average Bonchev–Trinajstić information content (AvgIpc) is 2.83. The zero-order valence-electron chi connectivity index (χ0n) is 12.8. The lowest BCUT2D eigenvalue weighted by atomic mass is 10.0. The number of aromatic nitrogens is 1. The molecule has 1 fully saturated rings. The highest BCUT2D eigenvalue weighted by molar-refractivity contribution is 5.73. The molecule has 2 heterocycles. The lowest BCUT2D eigenvalue weighted by Gasteiger charge is -2.37. The van der Waals surface area contributed by atoms with E-state index in [-0.39, 0.29) is 6.03 Å². The summed E-state index contributed by atoms with van der Waals surface area (Å²) in [5.41, 5.74) is 0.985. The van der Waals surface area contributed by atoms with Crippen LogP contribution in [-0.2, 0) is 6.54 Å². The Hall–Kier alpha value is -1.56. The smallest absolute Gasteiger partial charge is 0.319 e. The summed E-state index contributed by atoms with van der Waals surface area (Å²) in [5.74, 6) is 0.714. The van der Waals surface area contributed by atoms with Crippen LogP contribution in [0.1, 0.15) is 24.4 Å². The largest absolute Gasteiger partial charge is 0.449 e. The molecular weight excluding hydrogens is 256 g/mol. The number of piperidine rings is 1. The Morgan fingerprint density at radius 1 is 1.40 bits per heavy atom. The van der Waals surface area contributed by atoms with Gasteiger partial charge in [0.1, 0.15) is 6.26 Å². The minimum Gasteiger partial charge on any atom is -0.449 e. The highest BCUT2D eigenvalue weighted by atomic mass is 16.3. The molecule has 1 saturated heterocycles. The molecule has 2 rings (SSSR count). The van der Waals surface area contributed by atoms with Gasteiger partial charge in [0, 0.05) is 53.7 Å². The van der Waals surface area contributed by atoms with E-state index in [9.17, 15) is 4.79 Å². The first kappa shape index (κ1) is 14.8. The third-order valence-corrected chi connectivity index (χ3v) is 3.84. The number of oxazole rings is 1. The number of carbonyl (C=O) groups excluding carboxylic acids is 1. The van der Waals surface area contributed by atoms with Crippen molar-refractivity contribution in [3.8, 4) is 0 Å². The first-order valence-corrected chi connectivity index (χ1v) is 7.05. The number of hydrogen-bond acceptors (Lipinski definition) is 4. The van der Waals surface area contributed by atoms with Crippen molar-refractivity contribution in [1.82, 2.24) is 19.7 Å². The molecule has 0 aromatic carbocycles. The fraction of sp³-hybridized carbons (Fsp3) is 0.714. The SMILES string of the molecule is Cc1nc(CN2CCC(N(C)C(=O)N(C)C)CC2)co1. The molecular formula is C14H24N4O2. The monoisotopic (exact) mass is 280 g/mol. The topological polar surface area (TPSA) is 52.8 Å². The van der Waals surface area contributed by atoms with Crippen molar-refractivity contribution in [3.63, 3.8) is 0 Å². The molecule has 0 saturated carbocycles. The van der Waals surface area contributed by atoms with Crippen molar-refractivity contribution in [3.05, 3.63) is 17.8 Å². The van der Waals surface area contributed by atoms with Crippen LogP contribution in [0.2, 0.25) is 0 Å². The van der Waals surface area contributed by atoms with Crippen LogP contribution in [0.25, 0.3) is 0 Å². The molecule has 1 aliphatic heterocycles. The minimum absolute atomic E-state index is 0.0792. The highest BCUT2D eigenvalue weighted by Crippen LogP contribution is 2.18. The van der Waals surface area contributed by atoms with Gasteiger partial charge in [0.25, 0.3) is 0 Å². The van der Waals surface area contributed by atoms with Crippen LogP contribution in [0.5, 0.6) is 0 Å². The third kappa shape index (κ3) is 3.50. The number of rotatable bonds is 3. The van der Waals surface area contributed by atoms with Crippen LogP contribution >= 0.6 is 0 Å². The van der Waals surface area contributed by atoms with Gasteiger partial charge in [0.05, 0.1) is 5.69 Å². The Bertz CT molecular complexity index is 450. The van der Waals surface area contributed by atoms with E-state index in [1.807, 2.05) is 18.9 Å². The quantitative estimate of drug-likeness (QED) is 0.843. The summed E-state index contributed by atoms with van der Waals surface area (Å²) in [5, 5.41) is 0. The summed E-state index contributed by atoms with van der Waals surface area (Å²) >= 11 is 0. The lowest BCUT2D eigenvalue weighted by Crippen LogP contribution is -2.48. The molecule has 2 amide bonds. The van der Waals surface area contributed by atoms with E-state index < -0.39 is 0 Å². The Balaban J connectivity index is 1.81. The maximum atomic E-state index is 11.9. The van der Waals surface area contributed by atoms with Crippen molar-refractivity contribution in [2.75, 3.05) is 34.2 Å². The van der Waals surface area contributed by atoms with Crippen molar-refractivity contribution in [2.24, 2.45) is 0 Å². The first-order valence-electron chi connectivity index (χ1n) is 7.05. The standard InChI is InChI=1S/C14H24N4O2/c1-11-15-12(10-20-11)9-18-7-5-13(6-8-18)17(4)14(19)16(2)3/h10,13H,5-9H2,1-4H3. The molecule has 1 aromatic heterocycles. The van der Waals surface area contributed by atoms with Crippen LogP contribution in [0.15, 0.2) is 10.7 Å². The number of urea groups is 1. The van der Waals surface area contributed by atoms with Gasteiger partial charge in [-0.15, -0.1) is 0 Å². The van der Waals surface area contributed by atoms with Crippen LogP contribution in [0.3, 0.4) is 0 Å². The van der Waals surface area contributed by atoms with Gasteiger partial charge in [-0.25, -0.2) is 9.78 Å². The second-order valence-electron chi connectivity index (χ2n) is 5.65. The third-order valence-electron chi connectivity index (χ3n) is 3.84. The number of amides is 2. The average molecular weight is 280 g/mol. The lowest BCUT2D eigenvalue weighted by molar-refractivity contribution is 0.117. The van der Waals surface area contributed by atoms with E-state index >= 15 is 0 Å². The van der Waals surface area contributed by atoms with Gasteiger partial charge >= 0.3 is 6.03 Å². The fourth-order valence-electron chi connectivity index (χ4n) is 2.65. The molecule has 20 heavy (non-hydrogen) atoms. The normalized spacial score (nSPS) is 17.2. The summed E-state index contributed by atoms with van der Waals surface area (Å²) in [6.45, 7) is 4.66. The molecule has 0 aliphatic carbocycles. The summed E-state index contributed by atoms with van der Waals surface area (Å²) in [4.78, 5) is 22.1. The van der Waals surface area contributed by atoms with Gasteiger partial charge in [0.15, 0.2) is 5.89 Å². The van der Waals surface area contributed by atoms with Crippen LogP contribution < -0.4 is 0 Å². The van der Waals surface area contributed by atoms with E-state index in [4.69, 9.17) is 4.42 Å². The highest BCUT2D eigenvalue weighted by Gasteiger charge is 2.26. The van der Waals surface area contributed by atoms with Crippen LogP contribution in [0, 0.1) is 6.92 Å². The molecule has 0 N–H and O–H groups in total. The zero-order valence-corrected chi connectivity index (χ0v) is 12.8. The Morgan fingerprint density at radius 3 is 2.55 bits per heavy atom. The van der Waals surface area contributed by atoms with Gasteiger partial charge in [-0.05, 0) is 12.8 Å². The fourth-order valence-corrected chi connectivity index (χ4v) is 2.65. The summed E-state index contributed by atoms with van der Waals surface area (Å²) in [6, 6.07) is 0.413. The number of aryl methyl sites for hydroxylation is 1. The van der Waals surface area contributed by atoms with Crippen molar-refractivity contribution in [2.45, 2.75) is 32.4 Å². The van der Waals surface area contributed by atoms with Crippen LogP contribution in [0.4, 0.5) is 4.79 Å². The van der Waals surface area contributed by atoms with E-state index in [2.05, 4.69) is 9.88 Å². The van der Waals surface area contributed by atoms with E-state index in [1.165, 1.54) is 0 Å². The molecule has 0 atom stereocenters. The Morgan fingerprint density at radius 2 is 2.05 bits per heavy atom. The maximum absolute atomic E-state index is 11.9. The molecule has 0 spiro atoms. The van der Waals surface area contributed by atoms with Crippen molar-refractivity contribution in [1.29, 1.82) is 0 Å². The Kier molecular flexibility index (Phi) is 4.65. The van der Waals surface area contributed by atoms with E-state index in [0.29, 0.717) is 11.9 Å². The number of hydrogen-bond donors (Lipinski definition) is 0. The molecule has 1 aromatic rings. The summed E-state index contributed by atoms with van der Waals surface area (Å²) < 4.78 is 5.23. The molecule has 0 bridgehead atoms. The molecule has 1 aliphatic rings. The summed E-state index contributed by atoms with van der Waals surface area (Å²) in [6.07, 6.45) is 3.74. The number of nitrogens with zero attached hydrogens (tertiary/aromatic N) is 4. The Labute approximate surface area is 120 Å². The molecule has 6 heteroatoms. The zero-order chi connectivity index (χ0) is 14.7. The van der Waals surface area contributed by atoms with Gasteiger partial charge in [-0.2, -0.15) is 0 Å². The number of likely N-dealkylation sites (tertiary alicyclic amines) is 1. The second-order valence-corrected chi connectivity index (χ2v) is 5.65. The van der Waals surface area contributed by atoms with Crippen molar-refractivity contribution >= 4 is 6.03 Å². The molecule has 0 radical (unpaired) electrons. The van der Waals surface area contributed by atoms with Crippen molar-refractivity contribution < 1.29 is 9.21 Å². The minimum atomic E-state index is 0.0792. The predicted molar refractivity (Wildman–Crippen MR) is 76.4 cm³/mol. The summed E-state index contributed by atoms with van der Waals surface area (Å²) in [7, 11) is 5.48. The second kappa shape index (κ2) is 6.26. The molecule has 6 nitrogen and oxygen atoms in total. The van der Waals surface area contributed by atoms with Gasteiger partial charge < -0.3 is 14.2 Å². The predicted octanol–water partition coefficient (Wildman–Crippen LogP) is 1.56. The van der Waals surface area contributed by atoms with Crippen LogP contribution in [-0.4, -0.2) is 66.0 Å². The van der Waals surface area contributed by atoms with Gasteiger partial charge in [0.2, 0.25) is 0 Å². The van der Waals surface area contributed by atoms with Gasteiger partial charge in [-0.1, -0.05) is 0 Å². The van der Waals surface area contributed by atoms with Gasteiger partial charge in [-0.3, -0.25) is 4.90 Å². The van der Waals surface area contributed by atoms with E-state index in [0.717, 1.165) is 38.2 Å². The van der Waals surface area contributed by atoms with E-state index in [1.54, 1.807) is 25.3 Å². The number of carbonyl (C=O) groups is 1. The molecule has 112 valence electrons. The first-order chi connectivity index (χ1) is 9.47. The maximum Gasteiger partial charge on any atom is 0.319 e. The molecule has 0 unspecified atom stereocenters.